The summed E-state index contributed by atoms with van der Waals surface area (Å²) in [6.45, 7) is 4.78. The molecule has 0 aliphatic carbocycles. The summed E-state index contributed by atoms with van der Waals surface area (Å²) >= 11 is 2.07. The van der Waals surface area contributed by atoms with E-state index in [0.29, 0.717) is 0 Å². The van der Waals surface area contributed by atoms with Crippen LogP contribution < -0.4 is 5.73 Å². The minimum absolute atomic E-state index is 0.763. The second-order valence-corrected chi connectivity index (χ2v) is 4.37. The van der Waals surface area contributed by atoms with Crippen molar-refractivity contribution in [3.8, 4) is 0 Å². The van der Waals surface area contributed by atoms with Gasteiger partial charge in [-0.05, 0) is 43.2 Å². The lowest BCUT2D eigenvalue weighted by molar-refractivity contribution is 0.582. The van der Waals surface area contributed by atoms with E-state index in [4.69, 9.17) is 5.73 Å². The predicted octanol–water partition coefficient (Wildman–Crippen LogP) is 2.03. The molecular weight excluding hydrogens is 154 g/mol. The Morgan fingerprint density at radius 3 is 3.00 bits per heavy atom. The van der Waals surface area contributed by atoms with Crippen molar-refractivity contribution in [1.82, 2.24) is 0 Å². The van der Waals surface area contributed by atoms with Gasteiger partial charge in [-0.2, -0.15) is 11.8 Å². The molecule has 1 unspecified atom stereocenters. The standard InChI is InChI=1S/C9H17NS/c1-8(2-4-10)6-9-3-5-11-7-9/h9H,1-7,10H2. The minimum Gasteiger partial charge on any atom is -0.330 e. The van der Waals surface area contributed by atoms with Crippen LogP contribution in [-0.2, 0) is 0 Å². The van der Waals surface area contributed by atoms with E-state index < -0.39 is 0 Å². The van der Waals surface area contributed by atoms with Gasteiger partial charge in [0, 0.05) is 0 Å². The quantitative estimate of drug-likeness (QED) is 0.655. The van der Waals surface area contributed by atoms with Gasteiger partial charge in [0.05, 0.1) is 0 Å². The molecule has 0 amide bonds. The van der Waals surface area contributed by atoms with E-state index in [1.165, 1.54) is 29.9 Å². The first kappa shape index (κ1) is 9.14. The van der Waals surface area contributed by atoms with Gasteiger partial charge in [0.25, 0.3) is 0 Å². The molecule has 0 radical (unpaired) electrons. The molecular formula is C9H17NS. The Kier molecular flexibility index (Phi) is 4.02. The minimum atomic E-state index is 0.763. The van der Waals surface area contributed by atoms with Crippen LogP contribution in [0.15, 0.2) is 12.2 Å². The number of nitrogens with two attached hydrogens (primary N) is 1. The van der Waals surface area contributed by atoms with Crippen LogP contribution in [0, 0.1) is 5.92 Å². The van der Waals surface area contributed by atoms with Crippen LogP contribution in [0.5, 0.6) is 0 Å². The van der Waals surface area contributed by atoms with Crippen LogP contribution in [0.4, 0.5) is 0 Å². The van der Waals surface area contributed by atoms with E-state index in [9.17, 15) is 0 Å². The van der Waals surface area contributed by atoms with Gasteiger partial charge in [-0.3, -0.25) is 0 Å². The van der Waals surface area contributed by atoms with Gasteiger partial charge in [-0.1, -0.05) is 12.2 Å². The maximum absolute atomic E-state index is 5.44. The van der Waals surface area contributed by atoms with Crippen molar-refractivity contribution in [2.24, 2.45) is 11.7 Å². The molecule has 0 aromatic rings. The Balaban J connectivity index is 2.13. The Labute approximate surface area is 73.4 Å². The van der Waals surface area contributed by atoms with Gasteiger partial charge in [0.15, 0.2) is 0 Å². The second-order valence-electron chi connectivity index (χ2n) is 3.22. The van der Waals surface area contributed by atoms with Crippen LogP contribution in [0.2, 0.25) is 0 Å². The summed E-state index contributed by atoms with van der Waals surface area (Å²) in [6.07, 6.45) is 3.61. The molecule has 64 valence electrons. The highest BCUT2D eigenvalue weighted by Gasteiger charge is 2.15. The highest BCUT2D eigenvalue weighted by Crippen LogP contribution is 2.28. The lowest BCUT2D eigenvalue weighted by Crippen LogP contribution is -2.04. The Bertz CT molecular complexity index is 128. The fourth-order valence-electron chi connectivity index (χ4n) is 1.46. The molecule has 0 aromatic heterocycles. The van der Waals surface area contributed by atoms with Crippen molar-refractivity contribution in [2.75, 3.05) is 18.1 Å². The fourth-order valence-corrected chi connectivity index (χ4v) is 2.74. The first-order chi connectivity index (χ1) is 5.33. The van der Waals surface area contributed by atoms with E-state index in [0.717, 1.165) is 18.9 Å². The SMILES string of the molecule is C=C(CCN)CC1CCSC1. The largest absolute Gasteiger partial charge is 0.330 e. The van der Waals surface area contributed by atoms with Crippen molar-refractivity contribution in [3.05, 3.63) is 12.2 Å². The van der Waals surface area contributed by atoms with E-state index in [2.05, 4.69) is 18.3 Å². The summed E-state index contributed by atoms with van der Waals surface area (Å²) in [7, 11) is 0. The molecule has 1 heterocycles. The molecule has 1 atom stereocenters. The van der Waals surface area contributed by atoms with Crippen molar-refractivity contribution in [3.63, 3.8) is 0 Å². The fraction of sp³-hybridized carbons (Fsp3) is 0.778. The number of hydrogen-bond acceptors (Lipinski definition) is 2. The van der Waals surface area contributed by atoms with Gasteiger partial charge in [0.2, 0.25) is 0 Å². The molecule has 2 N–H and O–H groups in total. The average molecular weight is 171 g/mol. The topological polar surface area (TPSA) is 26.0 Å². The molecule has 1 fully saturated rings. The predicted molar refractivity (Wildman–Crippen MR) is 52.9 cm³/mol. The van der Waals surface area contributed by atoms with Gasteiger partial charge < -0.3 is 5.73 Å². The van der Waals surface area contributed by atoms with E-state index in [1.807, 2.05) is 0 Å². The van der Waals surface area contributed by atoms with Gasteiger partial charge in [-0.25, -0.2) is 0 Å². The molecule has 11 heavy (non-hydrogen) atoms. The van der Waals surface area contributed by atoms with E-state index in [1.54, 1.807) is 0 Å². The molecule has 2 heteroatoms. The monoisotopic (exact) mass is 171 g/mol. The summed E-state index contributed by atoms with van der Waals surface area (Å²) in [5.41, 5.74) is 6.78. The third kappa shape index (κ3) is 3.30. The first-order valence-electron chi connectivity index (χ1n) is 4.27. The number of thioether (sulfide) groups is 1. The Hall–Kier alpha value is 0.0500. The number of hydrogen-bond donors (Lipinski definition) is 1. The summed E-state index contributed by atoms with van der Waals surface area (Å²) in [5, 5.41) is 0. The summed E-state index contributed by atoms with van der Waals surface area (Å²) in [6, 6.07) is 0. The highest BCUT2D eigenvalue weighted by atomic mass is 32.2. The highest BCUT2D eigenvalue weighted by molar-refractivity contribution is 7.99. The van der Waals surface area contributed by atoms with Crippen molar-refractivity contribution in [2.45, 2.75) is 19.3 Å². The molecule has 1 nitrogen and oxygen atoms in total. The van der Waals surface area contributed by atoms with Gasteiger partial charge in [0.1, 0.15) is 0 Å². The molecule has 1 saturated heterocycles. The average Bonchev–Trinajstić information content (AvgIpc) is 2.40. The van der Waals surface area contributed by atoms with E-state index in [-0.39, 0.29) is 0 Å². The first-order valence-corrected chi connectivity index (χ1v) is 5.43. The van der Waals surface area contributed by atoms with Crippen LogP contribution in [0.1, 0.15) is 19.3 Å². The van der Waals surface area contributed by atoms with Crippen LogP contribution >= 0.6 is 11.8 Å². The Morgan fingerprint density at radius 2 is 2.45 bits per heavy atom. The maximum Gasteiger partial charge on any atom is -0.00358 e. The van der Waals surface area contributed by atoms with Crippen LogP contribution in [0.25, 0.3) is 0 Å². The van der Waals surface area contributed by atoms with Crippen LogP contribution in [0.3, 0.4) is 0 Å². The zero-order valence-corrected chi connectivity index (χ0v) is 7.83. The molecule has 0 saturated carbocycles. The third-order valence-electron chi connectivity index (χ3n) is 2.10. The van der Waals surface area contributed by atoms with Crippen molar-refractivity contribution >= 4 is 11.8 Å². The van der Waals surface area contributed by atoms with Gasteiger partial charge >= 0.3 is 0 Å². The summed E-state index contributed by atoms with van der Waals surface area (Å²) in [4.78, 5) is 0. The van der Waals surface area contributed by atoms with Crippen LogP contribution in [-0.4, -0.2) is 18.1 Å². The normalized spacial score (nSPS) is 23.9. The summed E-state index contributed by atoms with van der Waals surface area (Å²) in [5.74, 6) is 3.59. The zero-order chi connectivity index (χ0) is 8.10. The smallest absolute Gasteiger partial charge is 0.00358 e. The molecule has 0 aromatic carbocycles. The second kappa shape index (κ2) is 4.83. The Morgan fingerprint density at radius 1 is 1.64 bits per heavy atom. The maximum atomic E-state index is 5.44. The molecule has 0 spiro atoms. The molecule has 1 aliphatic heterocycles. The zero-order valence-electron chi connectivity index (χ0n) is 7.01. The van der Waals surface area contributed by atoms with Gasteiger partial charge in [-0.15, -0.1) is 0 Å². The van der Waals surface area contributed by atoms with Crippen molar-refractivity contribution < 1.29 is 0 Å². The lowest BCUT2D eigenvalue weighted by atomic mass is 9.98. The van der Waals surface area contributed by atoms with E-state index >= 15 is 0 Å². The molecule has 1 rings (SSSR count). The molecule has 0 bridgehead atoms. The number of rotatable bonds is 4. The van der Waals surface area contributed by atoms with Crippen molar-refractivity contribution in [1.29, 1.82) is 0 Å². The third-order valence-corrected chi connectivity index (χ3v) is 3.33. The molecule has 1 aliphatic rings. The lowest BCUT2D eigenvalue weighted by Gasteiger charge is -2.09. The summed E-state index contributed by atoms with van der Waals surface area (Å²) < 4.78 is 0.